The molecule has 6 nitrogen and oxygen atoms in total. The minimum absolute atomic E-state index is 0.228. The summed E-state index contributed by atoms with van der Waals surface area (Å²) in [5.41, 5.74) is -0.287. The van der Waals surface area contributed by atoms with E-state index in [4.69, 9.17) is 5.11 Å². The molecule has 1 N–H and O–H groups in total. The van der Waals surface area contributed by atoms with Crippen LogP contribution in [-0.2, 0) is 16.4 Å². The number of sulfone groups is 1. The van der Waals surface area contributed by atoms with Crippen LogP contribution < -0.4 is 0 Å². The van der Waals surface area contributed by atoms with E-state index >= 15 is 0 Å². The molecule has 21 heavy (non-hydrogen) atoms. The van der Waals surface area contributed by atoms with Crippen molar-refractivity contribution in [1.29, 1.82) is 0 Å². The van der Waals surface area contributed by atoms with Crippen molar-refractivity contribution in [2.24, 2.45) is 0 Å². The van der Waals surface area contributed by atoms with Crippen LogP contribution in [0.15, 0.2) is 41.8 Å². The Kier molecular flexibility index (Phi) is 4.37. The van der Waals surface area contributed by atoms with Gasteiger partial charge in [0.25, 0.3) is 0 Å². The molecule has 0 atom stereocenters. The molecule has 0 aliphatic rings. The molecule has 0 aliphatic carbocycles. The lowest BCUT2D eigenvalue weighted by Gasteiger charge is -2.07. The van der Waals surface area contributed by atoms with Gasteiger partial charge in [0.1, 0.15) is 10.7 Å². The van der Waals surface area contributed by atoms with E-state index in [9.17, 15) is 17.6 Å². The molecule has 2 rings (SSSR count). The Balaban J connectivity index is 2.10. The van der Waals surface area contributed by atoms with Crippen molar-refractivity contribution >= 4 is 15.8 Å². The van der Waals surface area contributed by atoms with E-state index in [0.717, 1.165) is 12.1 Å². The van der Waals surface area contributed by atoms with E-state index in [1.807, 2.05) is 0 Å². The first-order chi connectivity index (χ1) is 9.90. The molecule has 0 spiro atoms. The summed E-state index contributed by atoms with van der Waals surface area (Å²) >= 11 is 0. The number of carboxylic acids is 1. The SMILES string of the molecule is O=C(O)c1ccc(S(=O)(=O)CCCn2ccnc2)c(F)c1. The summed E-state index contributed by atoms with van der Waals surface area (Å²) in [7, 11) is -3.79. The molecule has 2 aromatic rings. The lowest BCUT2D eigenvalue weighted by Crippen LogP contribution is -2.12. The molecule has 0 radical (unpaired) electrons. The topological polar surface area (TPSA) is 89.3 Å². The zero-order valence-corrected chi connectivity index (χ0v) is 11.8. The van der Waals surface area contributed by atoms with Gasteiger partial charge in [-0.15, -0.1) is 0 Å². The van der Waals surface area contributed by atoms with E-state index in [1.165, 1.54) is 0 Å². The number of carboxylic acid groups (broad SMARTS) is 1. The van der Waals surface area contributed by atoms with Gasteiger partial charge in [-0.2, -0.15) is 0 Å². The van der Waals surface area contributed by atoms with Crippen molar-refractivity contribution in [2.75, 3.05) is 5.75 Å². The van der Waals surface area contributed by atoms with Crippen LogP contribution in [-0.4, -0.2) is 34.8 Å². The summed E-state index contributed by atoms with van der Waals surface area (Å²) in [5.74, 6) is -2.58. The van der Waals surface area contributed by atoms with Crippen LogP contribution in [0.5, 0.6) is 0 Å². The highest BCUT2D eigenvalue weighted by atomic mass is 32.2. The number of aromatic nitrogens is 2. The number of nitrogens with zero attached hydrogens (tertiary/aromatic N) is 2. The number of carbonyl (C=O) groups is 1. The Morgan fingerprint density at radius 2 is 2.14 bits per heavy atom. The fraction of sp³-hybridized carbons (Fsp3) is 0.231. The number of aromatic carboxylic acids is 1. The molecule has 0 saturated carbocycles. The van der Waals surface area contributed by atoms with Crippen LogP contribution >= 0.6 is 0 Å². The molecular weight excluding hydrogens is 299 g/mol. The number of imidazole rings is 1. The standard InChI is InChI=1S/C13H13FN2O4S/c14-11-8-10(13(17)18)2-3-12(11)21(19,20)7-1-5-16-6-4-15-9-16/h2-4,6,8-9H,1,5,7H2,(H,17,18). The fourth-order valence-electron chi connectivity index (χ4n) is 1.85. The third kappa shape index (κ3) is 3.66. The summed E-state index contributed by atoms with van der Waals surface area (Å²) < 4.78 is 39.6. The quantitative estimate of drug-likeness (QED) is 0.875. The van der Waals surface area contributed by atoms with Crippen molar-refractivity contribution in [3.8, 4) is 0 Å². The summed E-state index contributed by atoms with van der Waals surface area (Å²) in [6.07, 6.45) is 5.15. The number of benzene rings is 1. The first-order valence-electron chi connectivity index (χ1n) is 6.11. The van der Waals surface area contributed by atoms with E-state index in [2.05, 4.69) is 4.98 Å². The molecule has 0 saturated heterocycles. The smallest absolute Gasteiger partial charge is 0.335 e. The van der Waals surface area contributed by atoms with Crippen molar-refractivity contribution < 1.29 is 22.7 Å². The van der Waals surface area contributed by atoms with Gasteiger partial charge in [-0.1, -0.05) is 0 Å². The normalized spacial score (nSPS) is 11.5. The van der Waals surface area contributed by atoms with Gasteiger partial charge in [0, 0.05) is 18.9 Å². The minimum atomic E-state index is -3.79. The van der Waals surface area contributed by atoms with E-state index < -0.39 is 26.5 Å². The van der Waals surface area contributed by atoms with Crippen molar-refractivity contribution in [2.45, 2.75) is 17.9 Å². The molecular formula is C13H13FN2O4S. The lowest BCUT2D eigenvalue weighted by molar-refractivity contribution is 0.0696. The minimum Gasteiger partial charge on any atom is -0.478 e. The predicted molar refractivity (Wildman–Crippen MR) is 72.3 cm³/mol. The Bertz CT molecular complexity index is 742. The van der Waals surface area contributed by atoms with E-state index in [-0.39, 0.29) is 11.3 Å². The lowest BCUT2D eigenvalue weighted by atomic mass is 10.2. The van der Waals surface area contributed by atoms with Crippen molar-refractivity contribution in [3.05, 3.63) is 48.3 Å². The van der Waals surface area contributed by atoms with Gasteiger partial charge < -0.3 is 9.67 Å². The molecule has 1 aromatic heterocycles. The maximum atomic E-state index is 13.7. The zero-order chi connectivity index (χ0) is 15.5. The number of rotatable bonds is 6. The van der Waals surface area contributed by atoms with Gasteiger partial charge in [0.2, 0.25) is 0 Å². The average Bonchev–Trinajstić information content (AvgIpc) is 2.91. The van der Waals surface area contributed by atoms with Gasteiger partial charge in [0.15, 0.2) is 9.84 Å². The summed E-state index contributed by atoms with van der Waals surface area (Å²) in [4.78, 5) is 14.1. The van der Waals surface area contributed by atoms with Crippen LogP contribution in [0.2, 0.25) is 0 Å². The highest BCUT2D eigenvalue weighted by Crippen LogP contribution is 2.18. The van der Waals surface area contributed by atoms with Crippen molar-refractivity contribution in [1.82, 2.24) is 9.55 Å². The molecule has 0 aliphatic heterocycles. The molecule has 112 valence electrons. The molecule has 1 heterocycles. The second kappa shape index (κ2) is 6.04. The summed E-state index contributed by atoms with van der Waals surface area (Å²) in [5, 5.41) is 8.73. The Morgan fingerprint density at radius 3 is 2.71 bits per heavy atom. The van der Waals surface area contributed by atoms with Crippen LogP contribution in [0, 0.1) is 5.82 Å². The highest BCUT2D eigenvalue weighted by Gasteiger charge is 2.20. The van der Waals surface area contributed by atoms with Crippen LogP contribution in [0.25, 0.3) is 0 Å². The molecule has 0 fully saturated rings. The Hall–Kier alpha value is -2.22. The third-order valence-corrected chi connectivity index (χ3v) is 4.73. The predicted octanol–water partition coefficient (Wildman–Crippen LogP) is 1.58. The average molecular weight is 312 g/mol. The van der Waals surface area contributed by atoms with Gasteiger partial charge in [-0.3, -0.25) is 0 Å². The number of hydrogen-bond acceptors (Lipinski definition) is 4. The maximum Gasteiger partial charge on any atom is 0.335 e. The Labute approximate surface area is 120 Å². The van der Waals surface area contributed by atoms with E-state index in [0.29, 0.717) is 19.0 Å². The number of hydrogen-bond donors (Lipinski definition) is 1. The number of aryl methyl sites for hydroxylation is 1. The van der Waals surface area contributed by atoms with Crippen LogP contribution in [0.1, 0.15) is 16.8 Å². The molecule has 0 unspecified atom stereocenters. The molecule has 1 aromatic carbocycles. The summed E-state index contributed by atoms with van der Waals surface area (Å²) in [6.45, 7) is 0.452. The van der Waals surface area contributed by atoms with Crippen LogP contribution in [0.4, 0.5) is 4.39 Å². The summed E-state index contributed by atoms with van der Waals surface area (Å²) in [6, 6.07) is 2.78. The highest BCUT2D eigenvalue weighted by molar-refractivity contribution is 7.91. The Morgan fingerprint density at radius 1 is 1.38 bits per heavy atom. The molecule has 0 bridgehead atoms. The van der Waals surface area contributed by atoms with Gasteiger partial charge in [-0.05, 0) is 24.6 Å². The van der Waals surface area contributed by atoms with Crippen LogP contribution in [0.3, 0.4) is 0 Å². The van der Waals surface area contributed by atoms with E-state index in [1.54, 1.807) is 23.3 Å². The van der Waals surface area contributed by atoms with Gasteiger partial charge >= 0.3 is 5.97 Å². The second-order valence-electron chi connectivity index (χ2n) is 4.42. The number of halogens is 1. The fourth-order valence-corrected chi connectivity index (χ4v) is 3.21. The molecule has 8 heteroatoms. The van der Waals surface area contributed by atoms with Gasteiger partial charge in [0.05, 0.1) is 17.6 Å². The molecule has 0 amide bonds. The zero-order valence-electron chi connectivity index (χ0n) is 10.9. The second-order valence-corrected chi connectivity index (χ2v) is 6.50. The maximum absolute atomic E-state index is 13.7. The first kappa shape index (κ1) is 15.2. The monoisotopic (exact) mass is 312 g/mol. The van der Waals surface area contributed by atoms with Gasteiger partial charge in [-0.25, -0.2) is 22.6 Å². The van der Waals surface area contributed by atoms with Crippen molar-refractivity contribution in [3.63, 3.8) is 0 Å². The largest absolute Gasteiger partial charge is 0.478 e. The first-order valence-corrected chi connectivity index (χ1v) is 7.77. The third-order valence-electron chi connectivity index (χ3n) is 2.90.